The molecule has 0 bridgehead atoms. The first-order chi connectivity index (χ1) is 6.75. The summed E-state index contributed by atoms with van der Waals surface area (Å²) in [5.74, 6) is 0.914. The zero-order valence-electron chi connectivity index (χ0n) is 8.90. The van der Waals surface area contributed by atoms with Crippen molar-refractivity contribution in [2.75, 3.05) is 0 Å². The predicted molar refractivity (Wildman–Crippen MR) is 58.0 cm³/mol. The number of hydrogen-bond donors (Lipinski definition) is 1. The van der Waals surface area contributed by atoms with Crippen LogP contribution in [0.3, 0.4) is 0 Å². The minimum absolute atomic E-state index is 0.454. The first-order valence-corrected chi connectivity index (χ1v) is 5.41. The molecule has 0 radical (unpaired) electrons. The Morgan fingerprint density at radius 2 is 2.00 bits per heavy atom. The topological polar surface area (TPSA) is 24.9 Å². The Balaban J connectivity index is 1.87. The lowest BCUT2D eigenvalue weighted by molar-refractivity contribution is 0.226. The maximum Gasteiger partial charge on any atom is 0.0295 e. The third-order valence-corrected chi connectivity index (χ3v) is 3.07. The van der Waals surface area contributed by atoms with E-state index in [1.165, 1.54) is 18.4 Å². The normalized spacial score (nSPS) is 28.1. The van der Waals surface area contributed by atoms with Gasteiger partial charge in [-0.25, -0.2) is 0 Å². The molecule has 76 valence electrons. The fourth-order valence-corrected chi connectivity index (χ4v) is 2.14. The van der Waals surface area contributed by atoms with Crippen LogP contribution in [0.2, 0.25) is 0 Å². The van der Waals surface area contributed by atoms with Gasteiger partial charge in [0, 0.05) is 24.5 Å². The second-order valence-corrected chi connectivity index (χ2v) is 4.44. The van der Waals surface area contributed by atoms with Gasteiger partial charge in [-0.05, 0) is 43.4 Å². The van der Waals surface area contributed by atoms with Gasteiger partial charge in [-0.2, -0.15) is 0 Å². The lowest BCUT2D eigenvalue weighted by Gasteiger charge is -2.35. The fraction of sp³-hybridized carbons (Fsp3) is 0.583. The van der Waals surface area contributed by atoms with Crippen molar-refractivity contribution in [2.24, 2.45) is 5.92 Å². The molecular weight excluding hydrogens is 172 g/mol. The highest BCUT2D eigenvalue weighted by Crippen LogP contribution is 2.28. The van der Waals surface area contributed by atoms with Gasteiger partial charge in [0.25, 0.3) is 0 Å². The second kappa shape index (κ2) is 4.09. The maximum absolute atomic E-state index is 4.03. The third-order valence-electron chi connectivity index (χ3n) is 3.07. The molecule has 1 heterocycles. The lowest BCUT2D eigenvalue weighted by Crippen LogP contribution is -2.41. The summed E-state index contributed by atoms with van der Waals surface area (Å²) in [6, 6.07) is 5.35. The molecule has 0 unspecified atom stereocenters. The third kappa shape index (κ3) is 2.13. The summed E-state index contributed by atoms with van der Waals surface area (Å²) in [4.78, 5) is 4.03. The smallest absolute Gasteiger partial charge is 0.0295 e. The molecule has 1 aliphatic rings. The molecule has 1 aliphatic carbocycles. The van der Waals surface area contributed by atoms with Crippen LogP contribution in [-0.2, 0) is 0 Å². The lowest BCUT2D eigenvalue weighted by atomic mass is 9.81. The Morgan fingerprint density at radius 1 is 1.36 bits per heavy atom. The molecule has 0 saturated heterocycles. The van der Waals surface area contributed by atoms with Crippen molar-refractivity contribution >= 4 is 0 Å². The van der Waals surface area contributed by atoms with Crippen molar-refractivity contribution in [1.82, 2.24) is 10.3 Å². The van der Waals surface area contributed by atoms with Gasteiger partial charge in [-0.1, -0.05) is 6.92 Å². The largest absolute Gasteiger partial charge is 0.307 e. The first-order valence-electron chi connectivity index (χ1n) is 5.41. The number of hydrogen-bond acceptors (Lipinski definition) is 2. The van der Waals surface area contributed by atoms with E-state index in [0.717, 1.165) is 12.0 Å². The van der Waals surface area contributed by atoms with E-state index in [1.54, 1.807) is 0 Å². The number of aromatic nitrogens is 1. The molecule has 0 amide bonds. The van der Waals surface area contributed by atoms with E-state index >= 15 is 0 Å². The Morgan fingerprint density at radius 3 is 2.57 bits per heavy atom. The zero-order chi connectivity index (χ0) is 9.97. The van der Waals surface area contributed by atoms with Crippen LogP contribution in [0.4, 0.5) is 0 Å². The Labute approximate surface area is 85.7 Å². The van der Waals surface area contributed by atoms with Gasteiger partial charge in [-0.15, -0.1) is 0 Å². The quantitative estimate of drug-likeness (QED) is 0.792. The minimum atomic E-state index is 0.454. The van der Waals surface area contributed by atoms with Crippen LogP contribution in [0.1, 0.15) is 38.3 Å². The fourth-order valence-electron chi connectivity index (χ4n) is 2.14. The van der Waals surface area contributed by atoms with Gasteiger partial charge in [-0.3, -0.25) is 4.98 Å². The molecule has 2 rings (SSSR count). The van der Waals surface area contributed by atoms with Gasteiger partial charge in [0.2, 0.25) is 0 Å². The van der Waals surface area contributed by atoms with Gasteiger partial charge in [0.15, 0.2) is 0 Å². The van der Waals surface area contributed by atoms with E-state index in [9.17, 15) is 0 Å². The van der Waals surface area contributed by atoms with Crippen molar-refractivity contribution < 1.29 is 0 Å². The molecule has 1 aromatic heterocycles. The number of rotatable bonds is 3. The van der Waals surface area contributed by atoms with Gasteiger partial charge in [0.05, 0.1) is 0 Å². The van der Waals surface area contributed by atoms with Crippen LogP contribution >= 0.6 is 0 Å². The summed E-state index contributed by atoms with van der Waals surface area (Å²) in [6.45, 7) is 4.54. The van der Waals surface area contributed by atoms with Crippen molar-refractivity contribution in [3.63, 3.8) is 0 Å². The highest BCUT2D eigenvalue weighted by Gasteiger charge is 2.26. The zero-order valence-corrected chi connectivity index (χ0v) is 8.90. The standard InChI is InChI=1S/C12H18N2/c1-9-7-12(8-9)14-10(2)11-3-5-13-6-4-11/h3-6,9-10,12,14H,7-8H2,1-2H3/t9?,10-,12?/m1/s1. The van der Waals surface area contributed by atoms with Crippen molar-refractivity contribution in [3.05, 3.63) is 30.1 Å². The van der Waals surface area contributed by atoms with E-state index in [4.69, 9.17) is 0 Å². The highest BCUT2D eigenvalue weighted by molar-refractivity contribution is 5.14. The Bertz CT molecular complexity index is 278. The molecule has 14 heavy (non-hydrogen) atoms. The summed E-state index contributed by atoms with van der Waals surface area (Å²) in [7, 11) is 0. The van der Waals surface area contributed by atoms with Crippen LogP contribution in [0.15, 0.2) is 24.5 Å². The van der Waals surface area contributed by atoms with E-state index in [0.29, 0.717) is 6.04 Å². The van der Waals surface area contributed by atoms with Gasteiger partial charge in [0.1, 0.15) is 0 Å². The summed E-state index contributed by atoms with van der Waals surface area (Å²) in [5, 5.41) is 3.64. The Hall–Kier alpha value is -0.890. The van der Waals surface area contributed by atoms with Crippen LogP contribution in [0.5, 0.6) is 0 Å². The number of nitrogens with one attached hydrogen (secondary N) is 1. The van der Waals surface area contributed by atoms with Crippen molar-refractivity contribution in [1.29, 1.82) is 0 Å². The van der Waals surface area contributed by atoms with E-state index in [2.05, 4.69) is 36.3 Å². The summed E-state index contributed by atoms with van der Waals surface area (Å²) >= 11 is 0. The van der Waals surface area contributed by atoms with E-state index < -0.39 is 0 Å². The van der Waals surface area contributed by atoms with Crippen LogP contribution in [0, 0.1) is 5.92 Å². The molecule has 0 aromatic carbocycles. The molecule has 1 saturated carbocycles. The van der Waals surface area contributed by atoms with Crippen molar-refractivity contribution in [2.45, 2.75) is 38.8 Å². The SMILES string of the molecule is CC1CC(N[C@H](C)c2ccncc2)C1. The molecule has 2 heteroatoms. The molecule has 1 aromatic rings. The van der Waals surface area contributed by atoms with E-state index in [1.807, 2.05) is 12.4 Å². The molecule has 0 aliphatic heterocycles. The molecule has 1 N–H and O–H groups in total. The van der Waals surface area contributed by atoms with E-state index in [-0.39, 0.29) is 0 Å². The van der Waals surface area contributed by atoms with Crippen molar-refractivity contribution in [3.8, 4) is 0 Å². The summed E-state index contributed by atoms with van der Waals surface area (Å²) in [6.07, 6.45) is 6.37. The molecule has 2 nitrogen and oxygen atoms in total. The molecular formula is C12H18N2. The molecule has 1 fully saturated rings. The number of nitrogens with zero attached hydrogens (tertiary/aromatic N) is 1. The van der Waals surface area contributed by atoms with Gasteiger partial charge < -0.3 is 5.32 Å². The molecule has 0 spiro atoms. The van der Waals surface area contributed by atoms with Crippen LogP contribution < -0.4 is 5.32 Å². The second-order valence-electron chi connectivity index (χ2n) is 4.44. The summed E-state index contributed by atoms with van der Waals surface area (Å²) in [5.41, 5.74) is 1.33. The van der Waals surface area contributed by atoms with Crippen LogP contribution in [0.25, 0.3) is 0 Å². The van der Waals surface area contributed by atoms with Gasteiger partial charge >= 0.3 is 0 Å². The monoisotopic (exact) mass is 190 g/mol. The average molecular weight is 190 g/mol. The maximum atomic E-state index is 4.03. The van der Waals surface area contributed by atoms with Crippen LogP contribution in [-0.4, -0.2) is 11.0 Å². The number of pyridine rings is 1. The minimum Gasteiger partial charge on any atom is -0.307 e. The molecule has 1 atom stereocenters. The highest BCUT2D eigenvalue weighted by atomic mass is 15.0. The summed E-state index contributed by atoms with van der Waals surface area (Å²) < 4.78 is 0. The first kappa shape index (κ1) is 9.66. The average Bonchev–Trinajstić information content (AvgIpc) is 2.17. The Kier molecular flexibility index (Phi) is 2.82. The predicted octanol–water partition coefficient (Wildman–Crippen LogP) is 2.53.